The normalized spacial score (nSPS) is 19.1. The Morgan fingerprint density at radius 3 is 2.96 bits per heavy atom. The lowest BCUT2D eigenvalue weighted by atomic mass is 10.0. The fraction of sp³-hybridized carbons (Fsp3) is 0.474. The first-order chi connectivity index (χ1) is 13.0. The predicted octanol–water partition coefficient (Wildman–Crippen LogP) is 2.47. The van der Waals surface area contributed by atoms with Crippen LogP contribution in [0.5, 0.6) is 0 Å². The van der Waals surface area contributed by atoms with E-state index >= 15 is 0 Å². The standard InChI is InChI=1S/C19H26FN5O2.HI/c1-3-21-18(23-13-19(2,26)16-7-5-11-27-16)24-14-8-10-25(12-14)17-15(20)6-4-9-22-17;/h4-7,9,11,14,26H,3,8,10,12-13H2,1-2H3,(H2,21,23,24);1H. The van der Waals surface area contributed by atoms with Crippen LogP contribution in [0.4, 0.5) is 10.2 Å². The summed E-state index contributed by atoms with van der Waals surface area (Å²) in [5.41, 5.74) is -1.19. The van der Waals surface area contributed by atoms with Gasteiger partial charge in [-0.25, -0.2) is 14.4 Å². The molecule has 3 heterocycles. The van der Waals surface area contributed by atoms with Gasteiger partial charge in [0, 0.05) is 31.9 Å². The Morgan fingerprint density at radius 2 is 2.29 bits per heavy atom. The molecule has 1 saturated heterocycles. The minimum atomic E-state index is -1.19. The lowest BCUT2D eigenvalue weighted by molar-refractivity contribution is 0.0437. The monoisotopic (exact) mass is 503 g/mol. The van der Waals surface area contributed by atoms with Gasteiger partial charge in [-0.3, -0.25) is 0 Å². The van der Waals surface area contributed by atoms with Crippen molar-refractivity contribution in [1.29, 1.82) is 0 Å². The largest absolute Gasteiger partial charge is 0.466 e. The number of furan rings is 1. The molecule has 1 fully saturated rings. The highest BCUT2D eigenvalue weighted by molar-refractivity contribution is 14.0. The number of halogens is 2. The Bertz CT molecular complexity index is 769. The maximum atomic E-state index is 13.9. The minimum absolute atomic E-state index is 0. The van der Waals surface area contributed by atoms with Crippen LogP contribution in [-0.4, -0.2) is 48.3 Å². The fourth-order valence-electron chi connectivity index (χ4n) is 3.09. The van der Waals surface area contributed by atoms with Gasteiger partial charge in [-0.05, 0) is 44.5 Å². The SMILES string of the molecule is CCNC(=NCC(C)(O)c1ccco1)NC1CCN(c2ncccc2F)C1.I. The number of nitrogens with one attached hydrogen (secondary N) is 2. The van der Waals surface area contributed by atoms with E-state index in [1.165, 1.54) is 12.3 Å². The highest BCUT2D eigenvalue weighted by Gasteiger charge is 2.28. The zero-order chi connectivity index (χ0) is 19.3. The van der Waals surface area contributed by atoms with Crippen LogP contribution in [0.2, 0.25) is 0 Å². The van der Waals surface area contributed by atoms with Gasteiger partial charge in [-0.1, -0.05) is 0 Å². The van der Waals surface area contributed by atoms with Crippen molar-refractivity contribution in [2.24, 2.45) is 4.99 Å². The molecule has 7 nitrogen and oxygen atoms in total. The molecule has 3 rings (SSSR count). The van der Waals surface area contributed by atoms with Crippen LogP contribution in [-0.2, 0) is 5.60 Å². The molecule has 2 unspecified atom stereocenters. The quantitative estimate of drug-likeness (QED) is 0.319. The summed E-state index contributed by atoms with van der Waals surface area (Å²) in [5, 5.41) is 17.1. The Morgan fingerprint density at radius 1 is 1.46 bits per heavy atom. The van der Waals surface area contributed by atoms with E-state index < -0.39 is 5.60 Å². The highest BCUT2D eigenvalue weighted by Crippen LogP contribution is 2.22. The maximum Gasteiger partial charge on any atom is 0.191 e. The van der Waals surface area contributed by atoms with Crippen LogP contribution in [0.3, 0.4) is 0 Å². The first-order valence-electron chi connectivity index (χ1n) is 9.16. The zero-order valence-electron chi connectivity index (χ0n) is 16.1. The van der Waals surface area contributed by atoms with Crippen molar-refractivity contribution >= 4 is 35.8 Å². The molecule has 0 radical (unpaired) electrons. The van der Waals surface area contributed by atoms with Gasteiger partial charge in [0.05, 0.1) is 12.8 Å². The van der Waals surface area contributed by atoms with Crippen molar-refractivity contribution in [3.63, 3.8) is 0 Å². The molecule has 28 heavy (non-hydrogen) atoms. The van der Waals surface area contributed by atoms with Gasteiger partial charge in [-0.15, -0.1) is 24.0 Å². The first kappa shape index (κ1) is 22.4. The molecular formula is C19H27FIN5O2. The van der Waals surface area contributed by atoms with Crippen molar-refractivity contribution in [2.75, 3.05) is 31.1 Å². The second kappa shape index (κ2) is 10.1. The van der Waals surface area contributed by atoms with Crippen molar-refractivity contribution in [2.45, 2.75) is 31.9 Å². The molecule has 0 aromatic carbocycles. The summed E-state index contributed by atoms with van der Waals surface area (Å²) < 4.78 is 19.2. The lowest BCUT2D eigenvalue weighted by Gasteiger charge is -2.22. The summed E-state index contributed by atoms with van der Waals surface area (Å²) in [4.78, 5) is 10.6. The number of aliphatic imine (C=N–C) groups is 1. The van der Waals surface area contributed by atoms with Crippen LogP contribution >= 0.6 is 24.0 Å². The van der Waals surface area contributed by atoms with Crippen LogP contribution in [0, 0.1) is 5.82 Å². The van der Waals surface area contributed by atoms with Crippen LogP contribution in [0.15, 0.2) is 46.1 Å². The Kier molecular flexibility index (Phi) is 8.05. The predicted molar refractivity (Wildman–Crippen MR) is 118 cm³/mol. The van der Waals surface area contributed by atoms with Crippen LogP contribution in [0.1, 0.15) is 26.0 Å². The summed E-state index contributed by atoms with van der Waals surface area (Å²) in [6.45, 7) is 5.84. The van der Waals surface area contributed by atoms with Crippen molar-refractivity contribution < 1.29 is 13.9 Å². The third-order valence-electron chi connectivity index (χ3n) is 4.51. The summed E-state index contributed by atoms with van der Waals surface area (Å²) in [6, 6.07) is 6.59. The number of aliphatic hydroxyl groups is 1. The number of anilines is 1. The molecule has 2 atom stereocenters. The van der Waals surface area contributed by atoms with E-state index in [0.29, 0.717) is 30.6 Å². The number of hydrogen-bond acceptors (Lipinski definition) is 5. The average molecular weight is 503 g/mol. The average Bonchev–Trinajstić information content (AvgIpc) is 3.33. The number of hydrogen-bond donors (Lipinski definition) is 3. The lowest BCUT2D eigenvalue weighted by Crippen LogP contribution is -2.45. The second-order valence-electron chi connectivity index (χ2n) is 6.83. The maximum absolute atomic E-state index is 13.9. The first-order valence-corrected chi connectivity index (χ1v) is 9.16. The Hall–Kier alpha value is -1.88. The third kappa shape index (κ3) is 5.57. The van der Waals surface area contributed by atoms with Gasteiger partial charge in [0.15, 0.2) is 17.6 Å². The molecule has 2 aromatic rings. The van der Waals surface area contributed by atoms with Crippen molar-refractivity contribution in [3.05, 3.63) is 48.3 Å². The van der Waals surface area contributed by atoms with Gasteiger partial charge >= 0.3 is 0 Å². The van der Waals surface area contributed by atoms with Crippen molar-refractivity contribution in [3.8, 4) is 0 Å². The molecule has 0 bridgehead atoms. The number of nitrogens with zero attached hydrogens (tertiary/aromatic N) is 3. The van der Waals surface area contributed by atoms with Gasteiger partial charge in [0.1, 0.15) is 11.4 Å². The van der Waals surface area contributed by atoms with Crippen LogP contribution in [0.25, 0.3) is 0 Å². The summed E-state index contributed by atoms with van der Waals surface area (Å²) in [6.07, 6.45) is 3.97. The van der Waals surface area contributed by atoms with E-state index in [2.05, 4.69) is 20.6 Å². The van der Waals surface area contributed by atoms with Crippen LogP contribution < -0.4 is 15.5 Å². The molecule has 0 saturated carbocycles. The molecule has 1 aliphatic rings. The van der Waals surface area contributed by atoms with E-state index in [0.717, 1.165) is 13.0 Å². The molecule has 0 amide bonds. The molecule has 9 heteroatoms. The number of guanidine groups is 1. The molecule has 2 aromatic heterocycles. The summed E-state index contributed by atoms with van der Waals surface area (Å²) in [7, 11) is 0. The van der Waals surface area contributed by atoms with E-state index in [-0.39, 0.29) is 42.4 Å². The molecule has 0 spiro atoms. The number of rotatable bonds is 6. The van der Waals surface area contributed by atoms with Gasteiger partial charge in [0.25, 0.3) is 0 Å². The topological polar surface area (TPSA) is 85.9 Å². The number of aromatic nitrogens is 1. The van der Waals surface area contributed by atoms with Crippen molar-refractivity contribution in [1.82, 2.24) is 15.6 Å². The molecule has 1 aliphatic heterocycles. The highest BCUT2D eigenvalue weighted by atomic mass is 127. The molecule has 154 valence electrons. The Labute approximate surface area is 181 Å². The second-order valence-corrected chi connectivity index (χ2v) is 6.83. The fourth-order valence-corrected chi connectivity index (χ4v) is 3.09. The minimum Gasteiger partial charge on any atom is -0.466 e. The summed E-state index contributed by atoms with van der Waals surface area (Å²) in [5.74, 6) is 1.15. The zero-order valence-corrected chi connectivity index (χ0v) is 18.4. The molecule has 3 N–H and O–H groups in total. The van der Waals surface area contributed by atoms with E-state index in [9.17, 15) is 9.50 Å². The Balaban J connectivity index is 0.00000280. The van der Waals surface area contributed by atoms with Gasteiger partial charge in [0.2, 0.25) is 0 Å². The van der Waals surface area contributed by atoms with Gasteiger partial charge < -0.3 is 25.1 Å². The van der Waals surface area contributed by atoms with E-state index in [4.69, 9.17) is 4.42 Å². The number of pyridine rings is 1. The van der Waals surface area contributed by atoms with E-state index in [1.54, 1.807) is 31.3 Å². The molecular weight excluding hydrogens is 476 g/mol. The van der Waals surface area contributed by atoms with E-state index in [1.807, 2.05) is 11.8 Å². The molecule has 0 aliphatic carbocycles. The summed E-state index contributed by atoms with van der Waals surface area (Å²) >= 11 is 0. The third-order valence-corrected chi connectivity index (χ3v) is 4.51. The smallest absolute Gasteiger partial charge is 0.191 e. The van der Waals surface area contributed by atoms with Gasteiger partial charge in [-0.2, -0.15) is 0 Å².